The molecular weight excluding hydrogens is 553 g/mol. The maximum atomic E-state index is 13.9. The third-order valence-corrected chi connectivity index (χ3v) is 7.43. The van der Waals surface area contributed by atoms with Crippen molar-refractivity contribution < 1.29 is 18.0 Å². The molecule has 0 radical (unpaired) electrons. The molecule has 6 nitrogen and oxygen atoms in total. The highest BCUT2D eigenvalue weighted by Crippen LogP contribution is 2.31. The number of benzene rings is 4. The molecular formula is C34H31F3N4O2. The number of alkyl halides is 3. The van der Waals surface area contributed by atoms with Gasteiger partial charge in [-0.15, -0.1) is 0 Å². The van der Waals surface area contributed by atoms with Crippen molar-refractivity contribution in [2.75, 3.05) is 11.9 Å². The highest BCUT2D eigenvalue weighted by molar-refractivity contribution is 5.89. The molecule has 9 heteroatoms. The highest BCUT2D eigenvalue weighted by Gasteiger charge is 2.31. The summed E-state index contributed by atoms with van der Waals surface area (Å²) in [5.74, 6) is 0.334. The summed E-state index contributed by atoms with van der Waals surface area (Å²) in [7, 11) is 0. The zero-order valence-corrected chi connectivity index (χ0v) is 23.8. The minimum absolute atomic E-state index is 0.00996. The average Bonchev–Trinajstić information content (AvgIpc) is 3.01. The number of hydrogen-bond acceptors (Lipinski definition) is 3. The molecule has 1 N–H and O–H groups in total. The van der Waals surface area contributed by atoms with E-state index in [1.54, 1.807) is 31.2 Å². The Hall–Kier alpha value is -4.92. The summed E-state index contributed by atoms with van der Waals surface area (Å²) in [4.78, 5) is 34.1. The third kappa shape index (κ3) is 6.61. The fourth-order valence-electron chi connectivity index (χ4n) is 5.03. The number of rotatable bonds is 8. The molecule has 1 aromatic heterocycles. The predicted octanol–water partition coefficient (Wildman–Crippen LogP) is 7.80. The molecule has 1 heterocycles. The summed E-state index contributed by atoms with van der Waals surface area (Å²) in [6, 6.07) is 27.3. The zero-order valence-electron chi connectivity index (χ0n) is 23.8. The standard InChI is InChI=1S/C34H31F3N4O2/c1-3-24-16-18-28(19-17-24)41-31(39-30-15-8-7-14-29(30)32(41)42)23(2)40(21-20-25-10-5-4-6-11-25)33(43)38-27-13-9-12-26(22-27)34(35,36)37/h4-19,22-23H,3,20-21H2,1-2H3,(H,38,43). The summed E-state index contributed by atoms with van der Waals surface area (Å²) in [5.41, 5.74) is 2.03. The number of para-hydroxylation sites is 1. The quantitative estimate of drug-likeness (QED) is 0.202. The Morgan fingerprint density at radius 1 is 0.907 bits per heavy atom. The molecule has 0 aliphatic rings. The smallest absolute Gasteiger partial charge is 0.314 e. The first-order valence-corrected chi connectivity index (χ1v) is 14.1. The van der Waals surface area contributed by atoms with Crippen LogP contribution in [-0.2, 0) is 19.0 Å². The molecule has 0 spiro atoms. The molecule has 5 aromatic rings. The Kier molecular flexibility index (Phi) is 8.61. The van der Waals surface area contributed by atoms with Gasteiger partial charge in [0, 0.05) is 12.2 Å². The van der Waals surface area contributed by atoms with Gasteiger partial charge in [0.05, 0.1) is 28.2 Å². The van der Waals surface area contributed by atoms with Crippen LogP contribution in [0.1, 0.15) is 42.4 Å². The third-order valence-electron chi connectivity index (χ3n) is 7.43. The minimum atomic E-state index is -4.56. The maximum absolute atomic E-state index is 13.9. The first-order valence-electron chi connectivity index (χ1n) is 14.1. The Bertz CT molecular complexity index is 1780. The van der Waals surface area contributed by atoms with Crippen molar-refractivity contribution in [1.29, 1.82) is 0 Å². The molecule has 0 fully saturated rings. The van der Waals surface area contributed by atoms with E-state index in [2.05, 4.69) is 5.32 Å². The van der Waals surface area contributed by atoms with E-state index in [4.69, 9.17) is 4.98 Å². The molecule has 5 rings (SSSR count). The summed E-state index contributed by atoms with van der Waals surface area (Å²) in [5, 5.41) is 3.07. The van der Waals surface area contributed by atoms with Crippen molar-refractivity contribution >= 4 is 22.6 Å². The number of hydrogen-bond donors (Lipinski definition) is 1. The summed E-state index contributed by atoms with van der Waals surface area (Å²) in [6.45, 7) is 4.03. The van der Waals surface area contributed by atoms with Gasteiger partial charge in [-0.25, -0.2) is 9.78 Å². The number of anilines is 1. The second-order valence-corrected chi connectivity index (χ2v) is 10.3. The predicted molar refractivity (Wildman–Crippen MR) is 162 cm³/mol. The van der Waals surface area contributed by atoms with E-state index in [0.717, 1.165) is 29.7 Å². The van der Waals surface area contributed by atoms with Crippen LogP contribution in [0, 0.1) is 0 Å². The van der Waals surface area contributed by atoms with Gasteiger partial charge in [0.1, 0.15) is 5.82 Å². The fourth-order valence-corrected chi connectivity index (χ4v) is 5.03. The van der Waals surface area contributed by atoms with Gasteiger partial charge < -0.3 is 10.2 Å². The number of halogens is 3. The molecule has 43 heavy (non-hydrogen) atoms. The lowest BCUT2D eigenvalue weighted by atomic mass is 10.1. The Balaban J connectivity index is 1.59. The first kappa shape index (κ1) is 29.6. The van der Waals surface area contributed by atoms with E-state index in [9.17, 15) is 22.8 Å². The van der Waals surface area contributed by atoms with Crippen molar-refractivity contribution in [1.82, 2.24) is 14.5 Å². The minimum Gasteiger partial charge on any atom is -0.314 e. The molecule has 1 atom stereocenters. The summed E-state index contributed by atoms with van der Waals surface area (Å²) < 4.78 is 41.6. The molecule has 0 aliphatic heterocycles. The van der Waals surface area contributed by atoms with Crippen LogP contribution in [0.4, 0.5) is 23.7 Å². The van der Waals surface area contributed by atoms with Gasteiger partial charge in [-0.3, -0.25) is 9.36 Å². The fraction of sp³-hybridized carbons (Fsp3) is 0.206. The van der Waals surface area contributed by atoms with Gasteiger partial charge in [0.2, 0.25) is 0 Å². The monoisotopic (exact) mass is 584 g/mol. The average molecular weight is 585 g/mol. The van der Waals surface area contributed by atoms with Crippen LogP contribution in [0.15, 0.2) is 108 Å². The normalized spacial score (nSPS) is 12.2. The van der Waals surface area contributed by atoms with Crippen molar-refractivity contribution in [2.45, 2.75) is 38.9 Å². The Morgan fingerprint density at radius 3 is 2.30 bits per heavy atom. The molecule has 1 unspecified atom stereocenters. The van der Waals surface area contributed by atoms with Crippen molar-refractivity contribution in [3.63, 3.8) is 0 Å². The van der Waals surface area contributed by atoms with Crippen LogP contribution < -0.4 is 10.9 Å². The lowest BCUT2D eigenvalue weighted by molar-refractivity contribution is -0.137. The maximum Gasteiger partial charge on any atom is 0.416 e. The van der Waals surface area contributed by atoms with Gasteiger partial charge in [0.25, 0.3) is 5.56 Å². The summed E-state index contributed by atoms with van der Waals surface area (Å²) >= 11 is 0. The topological polar surface area (TPSA) is 67.2 Å². The number of carbonyl (C=O) groups excluding carboxylic acids is 1. The van der Waals surface area contributed by atoms with Crippen LogP contribution in [0.2, 0.25) is 0 Å². The van der Waals surface area contributed by atoms with Gasteiger partial charge >= 0.3 is 12.2 Å². The number of carbonyl (C=O) groups is 1. The first-order chi connectivity index (χ1) is 20.7. The van der Waals surface area contributed by atoms with Crippen molar-refractivity contribution in [2.24, 2.45) is 0 Å². The van der Waals surface area contributed by atoms with Crippen LogP contribution in [0.5, 0.6) is 0 Å². The number of nitrogens with one attached hydrogen (secondary N) is 1. The van der Waals surface area contributed by atoms with Crippen LogP contribution in [-0.4, -0.2) is 27.0 Å². The largest absolute Gasteiger partial charge is 0.416 e. The van der Waals surface area contributed by atoms with Gasteiger partial charge in [-0.05, 0) is 73.4 Å². The van der Waals surface area contributed by atoms with Gasteiger partial charge in [-0.1, -0.05) is 67.6 Å². The molecule has 0 bridgehead atoms. The molecule has 0 aliphatic carbocycles. The van der Waals surface area contributed by atoms with E-state index in [1.807, 2.05) is 61.5 Å². The van der Waals surface area contributed by atoms with E-state index in [-0.39, 0.29) is 17.8 Å². The van der Waals surface area contributed by atoms with E-state index >= 15 is 0 Å². The number of nitrogens with zero attached hydrogens (tertiary/aromatic N) is 3. The van der Waals surface area contributed by atoms with E-state index in [1.165, 1.54) is 21.6 Å². The lowest BCUT2D eigenvalue weighted by Crippen LogP contribution is -2.41. The highest BCUT2D eigenvalue weighted by atomic mass is 19.4. The van der Waals surface area contributed by atoms with E-state index in [0.29, 0.717) is 28.8 Å². The molecule has 4 aromatic carbocycles. The van der Waals surface area contributed by atoms with E-state index < -0.39 is 23.8 Å². The number of urea groups is 1. The van der Waals surface area contributed by atoms with Gasteiger partial charge in [0.15, 0.2) is 0 Å². The second kappa shape index (κ2) is 12.5. The number of aromatic nitrogens is 2. The SMILES string of the molecule is CCc1ccc(-n2c(C(C)N(CCc3ccccc3)C(=O)Nc3cccc(C(F)(F)F)c3)nc3ccccc3c2=O)cc1. The number of amides is 2. The zero-order chi connectivity index (χ0) is 30.6. The Morgan fingerprint density at radius 2 is 1.60 bits per heavy atom. The van der Waals surface area contributed by atoms with Crippen LogP contribution in [0.3, 0.4) is 0 Å². The number of aryl methyl sites for hydroxylation is 1. The Labute approximate surface area is 247 Å². The van der Waals surface area contributed by atoms with Crippen LogP contribution >= 0.6 is 0 Å². The summed E-state index contributed by atoms with van der Waals surface area (Å²) in [6.07, 6.45) is -3.25. The number of fused-ring (bicyclic) bond motifs is 1. The molecule has 2 amide bonds. The van der Waals surface area contributed by atoms with Crippen LogP contribution in [0.25, 0.3) is 16.6 Å². The van der Waals surface area contributed by atoms with Crippen molar-refractivity contribution in [3.05, 3.63) is 136 Å². The molecule has 0 saturated carbocycles. The lowest BCUT2D eigenvalue weighted by Gasteiger charge is -2.31. The molecule has 220 valence electrons. The van der Waals surface area contributed by atoms with Crippen molar-refractivity contribution in [3.8, 4) is 5.69 Å². The second-order valence-electron chi connectivity index (χ2n) is 10.3. The van der Waals surface area contributed by atoms with Gasteiger partial charge in [-0.2, -0.15) is 13.2 Å². The molecule has 0 saturated heterocycles.